The topological polar surface area (TPSA) is 40.7 Å². The molecule has 1 aliphatic rings. The molecular formula is C17H16BrN3. The van der Waals surface area contributed by atoms with E-state index in [4.69, 9.17) is 0 Å². The lowest BCUT2D eigenvalue weighted by Crippen LogP contribution is -2.31. The number of hydrogen-bond acceptors (Lipinski definition) is 2. The van der Waals surface area contributed by atoms with Crippen molar-refractivity contribution in [2.24, 2.45) is 0 Å². The highest BCUT2D eigenvalue weighted by Crippen LogP contribution is 2.34. The van der Waals surface area contributed by atoms with E-state index in [9.17, 15) is 0 Å². The zero-order chi connectivity index (χ0) is 14.4. The van der Waals surface area contributed by atoms with Gasteiger partial charge in [0, 0.05) is 33.8 Å². The monoisotopic (exact) mass is 341 g/mol. The molecule has 0 radical (unpaired) electrons. The fourth-order valence-corrected chi connectivity index (χ4v) is 3.59. The van der Waals surface area contributed by atoms with Crippen molar-refractivity contribution < 1.29 is 0 Å². The minimum atomic E-state index is 0.154. The first-order valence-electron chi connectivity index (χ1n) is 7.19. The van der Waals surface area contributed by atoms with Crippen molar-refractivity contribution in [1.29, 1.82) is 0 Å². The van der Waals surface area contributed by atoms with Crippen molar-refractivity contribution in [3.05, 3.63) is 63.5 Å². The number of rotatable bonds is 1. The quantitative estimate of drug-likeness (QED) is 0.705. The summed E-state index contributed by atoms with van der Waals surface area (Å²) < 4.78 is 1.13. The first-order valence-corrected chi connectivity index (χ1v) is 7.98. The van der Waals surface area contributed by atoms with Crippen molar-refractivity contribution in [3.63, 3.8) is 0 Å². The maximum Gasteiger partial charge on any atom is 0.0908 e. The zero-order valence-corrected chi connectivity index (χ0v) is 13.4. The predicted octanol–water partition coefficient (Wildman–Crippen LogP) is 3.87. The summed E-state index contributed by atoms with van der Waals surface area (Å²) in [4.78, 5) is 8.19. The lowest BCUT2D eigenvalue weighted by molar-refractivity contribution is 0.547. The van der Waals surface area contributed by atoms with Gasteiger partial charge in [-0.15, -0.1) is 0 Å². The van der Waals surface area contributed by atoms with E-state index < -0.39 is 0 Å². The van der Waals surface area contributed by atoms with E-state index in [1.807, 2.05) is 12.3 Å². The highest BCUT2D eigenvalue weighted by atomic mass is 79.9. The summed E-state index contributed by atoms with van der Waals surface area (Å²) in [5, 5.41) is 4.92. The molecule has 3 heterocycles. The molecule has 0 amide bonds. The SMILES string of the molecule is Cc1cccnc1C1NCCc2c1[nH]c1ccc(Br)cc21. The number of halogens is 1. The van der Waals surface area contributed by atoms with Gasteiger partial charge in [-0.2, -0.15) is 0 Å². The summed E-state index contributed by atoms with van der Waals surface area (Å²) in [5.41, 5.74) is 6.22. The number of hydrogen-bond donors (Lipinski definition) is 2. The summed E-state index contributed by atoms with van der Waals surface area (Å²) in [6.45, 7) is 3.10. The van der Waals surface area contributed by atoms with Crippen LogP contribution in [0.2, 0.25) is 0 Å². The molecule has 4 rings (SSSR count). The predicted molar refractivity (Wildman–Crippen MR) is 88.5 cm³/mol. The fraction of sp³-hybridized carbons (Fsp3) is 0.235. The Morgan fingerprint density at radius 2 is 2.19 bits per heavy atom. The maximum atomic E-state index is 4.60. The van der Waals surface area contributed by atoms with Gasteiger partial charge in [0.05, 0.1) is 11.7 Å². The molecule has 21 heavy (non-hydrogen) atoms. The van der Waals surface area contributed by atoms with Crippen LogP contribution in [-0.4, -0.2) is 16.5 Å². The number of H-pyrrole nitrogens is 1. The molecule has 2 N–H and O–H groups in total. The largest absolute Gasteiger partial charge is 0.357 e. The van der Waals surface area contributed by atoms with E-state index in [0.717, 1.165) is 23.1 Å². The van der Waals surface area contributed by atoms with Crippen LogP contribution in [0.4, 0.5) is 0 Å². The lowest BCUT2D eigenvalue weighted by Gasteiger charge is -2.25. The third kappa shape index (κ3) is 2.10. The Labute approximate surface area is 131 Å². The van der Waals surface area contributed by atoms with Gasteiger partial charge in [-0.25, -0.2) is 0 Å². The second kappa shape index (κ2) is 4.97. The van der Waals surface area contributed by atoms with Gasteiger partial charge >= 0.3 is 0 Å². The molecule has 1 aliphatic heterocycles. The van der Waals surface area contributed by atoms with Gasteiger partial charge in [0.15, 0.2) is 0 Å². The van der Waals surface area contributed by atoms with Gasteiger partial charge in [-0.05, 0) is 48.7 Å². The third-order valence-corrected chi connectivity index (χ3v) is 4.73. The first kappa shape index (κ1) is 13.0. The van der Waals surface area contributed by atoms with Crippen LogP contribution in [0.1, 0.15) is 28.6 Å². The molecule has 1 aromatic carbocycles. The molecule has 3 nitrogen and oxygen atoms in total. The van der Waals surface area contributed by atoms with Crippen LogP contribution in [0.5, 0.6) is 0 Å². The van der Waals surface area contributed by atoms with Gasteiger partial charge in [0.2, 0.25) is 0 Å². The molecule has 1 unspecified atom stereocenters. The number of nitrogens with zero attached hydrogens (tertiary/aromatic N) is 1. The van der Waals surface area contributed by atoms with Gasteiger partial charge in [-0.1, -0.05) is 22.0 Å². The average molecular weight is 342 g/mol. The van der Waals surface area contributed by atoms with Crippen molar-refractivity contribution in [3.8, 4) is 0 Å². The number of aromatic nitrogens is 2. The van der Waals surface area contributed by atoms with E-state index >= 15 is 0 Å². The van der Waals surface area contributed by atoms with E-state index in [-0.39, 0.29) is 6.04 Å². The Balaban J connectivity index is 1.92. The second-order valence-corrected chi connectivity index (χ2v) is 6.47. The van der Waals surface area contributed by atoms with Crippen LogP contribution in [0.25, 0.3) is 10.9 Å². The number of pyridine rings is 1. The highest BCUT2D eigenvalue weighted by Gasteiger charge is 2.26. The maximum absolute atomic E-state index is 4.60. The van der Waals surface area contributed by atoms with E-state index in [1.165, 1.54) is 27.7 Å². The van der Waals surface area contributed by atoms with Crippen molar-refractivity contribution >= 4 is 26.8 Å². The lowest BCUT2D eigenvalue weighted by atomic mass is 9.95. The number of benzene rings is 1. The van der Waals surface area contributed by atoms with Crippen molar-refractivity contribution in [1.82, 2.24) is 15.3 Å². The molecule has 4 heteroatoms. The number of fused-ring (bicyclic) bond motifs is 3. The van der Waals surface area contributed by atoms with E-state index in [0.29, 0.717) is 0 Å². The standard InChI is InChI=1S/C17H16BrN3/c1-10-3-2-7-19-15(10)17-16-12(6-8-20-17)13-9-11(18)4-5-14(13)21-16/h2-5,7,9,17,20-21H,6,8H2,1H3. The third-order valence-electron chi connectivity index (χ3n) is 4.24. The molecule has 3 aromatic rings. The molecule has 1 atom stereocenters. The molecule has 0 saturated heterocycles. The van der Waals surface area contributed by atoms with Crippen LogP contribution >= 0.6 is 15.9 Å². The van der Waals surface area contributed by atoms with Gasteiger partial charge < -0.3 is 10.3 Å². The Morgan fingerprint density at radius 1 is 1.29 bits per heavy atom. The molecule has 2 aromatic heterocycles. The summed E-state index contributed by atoms with van der Waals surface area (Å²) in [7, 11) is 0. The van der Waals surface area contributed by atoms with Gasteiger partial charge in [0.1, 0.15) is 0 Å². The number of aromatic amines is 1. The molecule has 106 valence electrons. The average Bonchev–Trinajstić information content (AvgIpc) is 2.86. The fourth-order valence-electron chi connectivity index (χ4n) is 3.23. The minimum absolute atomic E-state index is 0.154. The second-order valence-electron chi connectivity index (χ2n) is 5.55. The Kier molecular flexibility index (Phi) is 3.08. The molecule has 0 spiro atoms. The van der Waals surface area contributed by atoms with Crippen molar-refractivity contribution in [2.45, 2.75) is 19.4 Å². The smallest absolute Gasteiger partial charge is 0.0908 e. The summed E-state index contributed by atoms with van der Waals surface area (Å²) in [5.74, 6) is 0. The summed E-state index contributed by atoms with van der Waals surface area (Å²) in [6.07, 6.45) is 2.92. The molecule has 0 bridgehead atoms. The van der Waals surface area contributed by atoms with Crippen LogP contribution in [0.15, 0.2) is 41.0 Å². The minimum Gasteiger partial charge on any atom is -0.357 e. The molecule has 0 aliphatic carbocycles. The first-order chi connectivity index (χ1) is 10.2. The summed E-state index contributed by atoms with van der Waals surface area (Å²) >= 11 is 3.57. The Hall–Kier alpha value is -1.65. The Morgan fingerprint density at radius 3 is 3.05 bits per heavy atom. The Bertz CT molecular complexity index is 822. The van der Waals surface area contributed by atoms with E-state index in [1.54, 1.807) is 0 Å². The molecular weight excluding hydrogens is 326 g/mol. The van der Waals surface area contributed by atoms with Crippen LogP contribution in [0, 0.1) is 6.92 Å². The zero-order valence-electron chi connectivity index (χ0n) is 11.8. The highest BCUT2D eigenvalue weighted by molar-refractivity contribution is 9.10. The number of nitrogens with one attached hydrogen (secondary N) is 2. The van der Waals surface area contributed by atoms with Crippen LogP contribution < -0.4 is 5.32 Å². The molecule has 0 fully saturated rings. The summed E-state index contributed by atoms with van der Waals surface area (Å²) in [6, 6.07) is 10.7. The van der Waals surface area contributed by atoms with Gasteiger partial charge in [0.25, 0.3) is 0 Å². The number of aryl methyl sites for hydroxylation is 1. The van der Waals surface area contributed by atoms with Crippen LogP contribution in [0.3, 0.4) is 0 Å². The molecule has 0 saturated carbocycles. The van der Waals surface area contributed by atoms with E-state index in [2.05, 4.69) is 62.4 Å². The normalized spacial score (nSPS) is 17.9. The van der Waals surface area contributed by atoms with Crippen LogP contribution in [-0.2, 0) is 6.42 Å². The van der Waals surface area contributed by atoms with Crippen molar-refractivity contribution in [2.75, 3.05) is 6.54 Å². The van der Waals surface area contributed by atoms with Gasteiger partial charge in [-0.3, -0.25) is 4.98 Å².